The first-order valence-corrected chi connectivity index (χ1v) is 8.68. The second kappa shape index (κ2) is 8.25. The summed E-state index contributed by atoms with van der Waals surface area (Å²) in [6.07, 6.45) is 5.83. The number of carbonyl (C=O) groups is 2. The first-order valence-electron chi connectivity index (χ1n) is 8.68. The summed E-state index contributed by atoms with van der Waals surface area (Å²) >= 11 is 0. The fourth-order valence-corrected chi connectivity index (χ4v) is 2.66. The number of aromatic nitrogens is 4. The smallest absolute Gasteiger partial charge is 0.271 e. The fourth-order valence-electron chi connectivity index (χ4n) is 2.66. The molecule has 0 fully saturated rings. The normalized spacial score (nSPS) is 11.8. The Morgan fingerprint density at radius 1 is 1.11 bits per heavy atom. The topological polar surface area (TPSA) is 162 Å². The molecule has 10 heteroatoms. The quantitative estimate of drug-likeness (QED) is 0.455. The number of fused-ring (bicyclic) bond motifs is 1. The van der Waals surface area contributed by atoms with Gasteiger partial charge in [-0.3, -0.25) is 19.6 Å². The molecule has 2 amide bonds. The van der Waals surface area contributed by atoms with E-state index in [1.807, 2.05) is 6.92 Å². The number of rotatable bonds is 8. The van der Waals surface area contributed by atoms with E-state index < -0.39 is 17.9 Å². The molecule has 0 aliphatic rings. The monoisotopic (exact) mass is 380 g/mol. The predicted octanol–water partition coefficient (Wildman–Crippen LogP) is 1.33. The highest BCUT2D eigenvalue weighted by molar-refractivity contribution is 5.96. The van der Waals surface area contributed by atoms with E-state index in [0.717, 1.165) is 11.9 Å². The van der Waals surface area contributed by atoms with Crippen LogP contribution in [0.3, 0.4) is 0 Å². The van der Waals surface area contributed by atoms with Crippen LogP contribution >= 0.6 is 0 Å². The second-order valence-corrected chi connectivity index (χ2v) is 6.09. The van der Waals surface area contributed by atoms with E-state index in [9.17, 15) is 9.59 Å². The molecule has 3 rings (SSSR count). The number of nitrogens with one attached hydrogen (secondary N) is 2. The summed E-state index contributed by atoms with van der Waals surface area (Å²) in [6.45, 7) is 1.94. The largest absolute Gasteiger partial charge is 0.368 e. The van der Waals surface area contributed by atoms with E-state index in [0.29, 0.717) is 23.4 Å². The third-order valence-electron chi connectivity index (χ3n) is 3.98. The van der Waals surface area contributed by atoms with E-state index in [1.54, 1.807) is 30.6 Å². The van der Waals surface area contributed by atoms with Gasteiger partial charge in [0.15, 0.2) is 11.5 Å². The minimum Gasteiger partial charge on any atom is -0.368 e. The first kappa shape index (κ1) is 19.0. The van der Waals surface area contributed by atoms with Gasteiger partial charge in [-0.1, -0.05) is 13.3 Å². The minimum absolute atomic E-state index is 0.0316. The van der Waals surface area contributed by atoms with Gasteiger partial charge in [0.1, 0.15) is 11.9 Å². The third kappa shape index (κ3) is 4.29. The summed E-state index contributed by atoms with van der Waals surface area (Å²) in [5.74, 6) is -0.779. The minimum atomic E-state index is -0.734. The molecule has 0 unspecified atom stereocenters. The van der Waals surface area contributed by atoms with E-state index in [1.165, 1.54) is 6.20 Å². The number of benzene rings is 1. The van der Waals surface area contributed by atoms with Gasteiger partial charge in [-0.05, 0) is 24.6 Å². The van der Waals surface area contributed by atoms with Crippen molar-refractivity contribution in [1.82, 2.24) is 19.9 Å². The Morgan fingerprint density at radius 2 is 1.86 bits per heavy atom. The summed E-state index contributed by atoms with van der Waals surface area (Å²) < 4.78 is 0. The van der Waals surface area contributed by atoms with Crippen molar-refractivity contribution >= 4 is 40.2 Å². The van der Waals surface area contributed by atoms with Gasteiger partial charge in [0, 0.05) is 18.1 Å². The Morgan fingerprint density at radius 3 is 2.54 bits per heavy atom. The van der Waals surface area contributed by atoms with Crippen LogP contribution in [0.5, 0.6) is 0 Å². The highest BCUT2D eigenvalue weighted by Gasteiger charge is 2.18. The average Bonchev–Trinajstić information content (AvgIpc) is 2.67. The van der Waals surface area contributed by atoms with Crippen molar-refractivity contribution in [2.45, 2.75) is 25.8 Å². The number of primary amides is 2. The van der Waals surface area contributed by atoms with Gasteiger partial charge < -0.3 is 22.1 Å². The zero-order valence-corrected chi connectivity index (χ0v) is 15.2. The molecule has 0 saturated heterocycles. The molecule has 1 aromatic carbocycles. The Bertz CT molecular complexity index is 1020. The van der Waals surface area contributed by atoms with Crippen molar-refractivity contribution < 1.29 is 9.59 Å². The van der Waals surface area contributed by atoms with Crippen molar-refractivity contribution in [3.8, 4) is 0 Å². The Balaban J connectivity index is 1.92. The molecule has 1 atom stereocenters. The third-order valence-corrected chi connectivity index (χ3v) is 3.98. The molecule has 0 spiro atoms. The molecule has 2 heterocycles. The lowest BCUT2D eigenvalue weighted by Gasteiger charge is -2.16. The zero-order chi connectivity index (χ0) is 20.1. The van der Waals surface area contributed by atoms with Crippen molar-refractivity contribution in [1.29, 1.82) is 0 Å². The Labute approximate surface area is 160 Å². The zero-order valence-electron chi connectivity index (χ0n) is 15.2. The summed E-state index contributed by atoms with van der Waals surface area (Å²) in [7, 11) is 0. The van der Waals surface area contributed by atoms with Crippen LogP contribution in [0, 0.1) is 0 Å². The number of nitrogens with two attached hydrogens (primary N) is 2. The molecule has 0 radical (unpaired) electrons. The van der Waals surface area contributed by atoms with Gasteiger partial charge in [-0.25, -0.2) is 9.97 Å². The highest BCUT2D eigenvalue weighted by Crippen LogP contribution is 2.22. The van der Waals surface area contributed by atoms with Crippen LogP contribution in [0.4, 0.5) is 17.3 Å². The number of nitrogens with zero attached hydrogens (tertiary/aromatic N) is 4. The number of anilines is 3. The summed E-state index contributed by atoms with van der Waals surface area (Å²) in [5.41, 5.74) is 12.8. The van der Waals surface area contributed by atoms with E-state index >= 15 is 0 Å². The molecule has 10 nitrogen and oxygen atoms in total. The lowest BCUT2D eigenvalue weighted by atomic mass is 10.1. The van der Waals surface area contributed by atoms with Crippen molar-refractivity contribution in [3.63, 3.8) is 0 Å². The van der Waals surface area contributed by atoms with Gasteiger partial charge in [0.2, 0.25) is 5.91 Å². The van der Waals surface area contributed by atoms with Gasteiger partial charge >= 0.3 is 0 Å². The van der Waals surface area contributed by atoms with Crippen LogP contribution < -0.4 is 22.1 Å². The molecule has 0 saturated carbocycles. The van der Waals surface area contributed by atoms with Crippen LogP contribution in [0.1, 0.15) is 30.3 Å². The number of hydrogen-bond donors (Lipinski definition) is 4. The molecule has 3 aromatic rings. The molecular weight excluding hydrogens is 360 g/mol. The predicted molar refractivity (Wildman–Crippen MR) is 105 cm³/mol. The van der Waals surface area contributed by atoms with Crippen molar-refractivity contribution in [3.05, 3.63) is 42.5 Å². The molecule has 2 aromatic heterocycles. The standard InChI is InChI=1S/C18H20N8O2/c1-2-3-12(16(19)27)25-14-9-23-15(17(20)28)18(26-14)24-10-4-5-11-13(8-10)22-7-6-21-11/h4-9,12H,2-3H2,1H3,(H2,19,27)(H2,20,28)(H2,24,25,26)/t12-/m1/s1. The van der Waals surface area contributed by atoms with Crippen LogP contribution in [0.2, 0.25) is 0 Å². The van der Waals surface area contributed by atoms with Crippen LogP contribution in [-0.2, 0) is 4.79 Å². The lowest BCUT2D eigenvalue weighted by Crippen LogP contribution is -2.35. The maximum absolute atomic E-state index is 11.7. The average molecular weight is 380 g/mol. The molecule has 28 heavy (non-hydrogen) atoms. The van der Waals surface area contributed by atoms with Crippen LogP contribution in [-0.4, -0.2) is 37.8 Å². The van der Waals surface area contributed by atoms with Crippen LogP contribution in [0.15, 0.2) is 36.8 Å². The Hall–Kier alpha value is -3.82. The van der Waals surface area contributed by atoms with E-state index in [4.69, 9.17) is 11.5 Å². The molecule has 144 valence electrons. The number of carbonyl (C=O) groups excluding carboxylic acids is 2. The molecule has 0 aliphatic carbocycles. The fraction of sp³-hybridized carbons (Fsp3) is 0.222. The number of amides is 2. The van der Waals surface area contributed by atoms with E-state index in [2.05, 4.69) is 30.6 Å². The molecule has 6 N–H and O–H groups in total. The highest BCUT2D eigenvalue weighted by atomic mass is 16.1. The van der Waals surface area contributed by atoms with Crippen molar-refractivity contribution in [2.24, 2.45) is 11.5 Å². The van der Waals surface area contributed by atoms with Crippen LogP contribution in [0.25, 0.3) is 11.0 Å². The summed E-state index contributed by atoms with van der Waals surface area (Å²) in [4.78, 5) is 40.2. The maximum atomic E-state index is 11.7. The van der Waals surface area contributed by atoms with Gasteiger partial charge in [-0.15, -0.1) is 0 Å². The van der Waals surface area contributed by atoms with Gasteiger partial charge in [0.05, 0.1) is 17.2 Å². The molecular formula is C18H20N8O2. The number of hydrogen-bond acceptors (Lipinski definition) is 8. The second-order valence-electron chi connectivity index (χ2n) is 6.09. The summed E-state index contributed by atoms with van der Waals surface area (Å²) in [6, 6.07) is 4.72. The summed E-state index contributed by atoms with van der Waals surface area (Å²) in [5, 5.41) is 5.96. The molecule has 0 aliphatic heterocycles. The van der Waals surface area contributed by atoms with Crippen molar-refractivity contribution in [2.75, 3.05) is 10.6 Å². The first-order chi connectivity index (χ1) is 13.5. The maximum Gasteiger partial charge on any atom is 0.271 e. The SMILES string of the molecule is CCC[C@@H](Nc1cnc(C(N)=O)c(Nc2ccc3nccnc3c2)n1)C(N)=O. The van der Waals surface area contributed by atoms with Gasteiger partial charge in [-0.2, -0.15) is 0 Å². The lowest BCUT2D eigenvalue weighted by molar-refractivity contribution is -0.118. The van der Waals surface area contributed by atoms with Gasteiger partial charge in [0.25, 0.3) is 5.91 Å². The molecule has 0 bridgehead atoms. The Kier molecular flexibility index (Phi) is 5.58. The van der Waals surface area contributed by atoms with E-state index in [-0.39, 0.29) is 11.5 Å².